The third kappa shape index (κ3) is 3.54. The Morgan fingerprint density at radius 1 is 1.47 bits per heavy atom. The Hall–Kier alpha value is -0.950. The van der Waals surface area contributed by atoms with Gasteiger partial charge < -0.3 is 20.1 Å². The number of hydrogen-bond acceptors (Lipinski definition) is 4. The summed E-state index contributed by atoms with van der Waals surface area (Å²) in [7, 11) is 1.63. The number of amides is 2. The van der Waals surface area contributed by atoms with Crippen LogP contribution in [0, 0.1) is 5.92 Å². The van der Waals surface area contributed by atoms with E-state index in [-0.39, 0.29) is 18.7 Å². The molecule has 2 aliphatic rings. The maximum Gasteiger partial charge on any atom is 0.317 e. The predicted octanol–water partition coefficient (Wildman–Crippen LogP) is 0.623. The number of nitrogens with one attached hydrogen (secondary N) is 1. The van der Waals surface area contributed by atoms with Crippen LogP contribution in [0.5, 0.6) is 0 Å². The van der Waals surface area contributed by atoms with Gasteiger partial charge in [0.1, 0.15) is 5.92 Å². The van der Waals surface area contributed by atoms with Crippen LogP contribution < -0.4 is 5.32 Å². The molecular formula is C12H20N2O4S. The number of carbonyl (C=O) groups excluding carboxylic acids is 1. The minimum Gasteiger partial charge on any atom is -0.481 e. The van der Waals surface area contributed by atoms with Gasteiger partial charge in [0.25, 0.3) is 0 Å². The van der Waals surface area contributed by atoms with E-state index in [1.165, 1.54) is 11.3 Å². The van der Waals surface area contributed by atoms with E-state index in [9.17, 15) is 9.59 Å². The van der Waals surface area contributed by atoms with Crippen LogP contribution in [0.4, 0.5) is 4.79 Å². The summed E-state index contributed by atoms with van der Waals surface area (Å²) < 4.78 is 5.17. The molecule has 0 radical (unpaired) electrons. The van der Waals surface area contributed by atoms with Crippen LogP contribution in [0.15, 0.2) is 0 Å². The van der Waals surface area contributed by atoms with Gasteiger partial charge in [-0.25, -0.2) is 4.79 Å². The van der Waals surface area contributed by atoms with Gasteiger partial charge in [-0.15, -0.1) is 0 Å². The molecule has 2 fully saturated rings. The van der Waals surface area contributed by atoms with Crippen molar-refractivity contribution < 1.29 is 19.4 Å². The fourth-order valence-corrected chi connectivity index (χ4v) is 3.64. The molecule has 2 rings (SSSR count). The quantitative estimate of drug-likeness (QED) is 0.793. The zero-order valence-electron chi connectivity index (χ0n) is 11.0. The van der Waals surface area contributed by atoms with Crippen molar-refractivity contribution in [2.24, 2.45) is 5.92 Å². The maximum atomic E-state index is 12.0. The number of carboxylic acids is 1. The second kappa shape index (κ2) is 6.47. The summed E-state index contributed by atoms with van der Waals surface area (Å²) >= 11 is 1.88. The average Bonchev–Trinajstić information content (AvgIpc) is 3.05. The van der Waals surface area contributed by atoms with Crippen molar-refractivity contribution in [3.05, 3.63) is 0 Å². The van der Waals surface area contributed by atoms with Crippen molar-refractivity contribution >= 4 is 23.8 Å². The van der Waals surface area contributed by atoms with Crippen molar-refractivity contribution in [1.29, 1.82) is 0 Å². The van der Waals surface area contributed by atoms with Gasteiger partial charge in [0.15, 0.2) is 0 Å². The molecule has 0 bridgehead atoms. The Morgan fingerprint density at radius 2 is 2.26 bits per heavy atom. The van der Waals surface area contributed by atoms with E-state index in [2.05, 4.69) is 5.32 Å². The first kappa shape index (κ1) is 14.5. The predicted molar refractivity (Wildman–Crippen MR) is 72.4 cm³/mol. The van der Waals surface area contributed by atoms with Gasteiger partial charge in [-0.3, -0.25) is 4.79 Å². The van der Waals surface area contributed by atoms with Crippen LogP contribution in [0.1, 0.15) is 12.8 Å². The highest BCUT2D eigenvalue weighted by molar-refractivity contribution is 8.00. The SMILES string of the molecule is CN(C(=O)NCC1CCCS1)C1COCC1C(=O)O. The first-order chi connectivity index (χ1) is 9.09. The lowest BCUT2D eigenvalue weighted by Gasteiger charge is -2.27. The number of hydrogen-bond donors (Lipinski definition) is 2. The van der Waals surface area contributed by atoms with E-state index in [0.29, 0.717) is 18.4 Å². The highest BCUT2D eigenvalue weighted by atomic mass is 32.2. The first-order valence-electron chi connectivity index (χ1n) is 6.52. The minimum atomic E-state index is -0.909. The average molecular weight is 288 g/mol. The number of carbonyl (C=O) groups is 2. The molecule has 6 nitrogen and oxygen atoms in total. The van der Waals surface area contributed by atoms with E-state index in [1.54, 1.807) is 7.05 Å². The summed E-state index contributed by atoms with van der Waals surface area (Å²) in [6.07, 6.45) is 2.34. The van der Waals surface area contributed by atoms with Crippen LogP contribution in [-0.4, -0.2) is 65.9 Å². The fraction of sp³-hybridized carbons (Fsp3) is 0.833. The third-order valence-electron chi connectivity index (χ3n) is 3.69. The maximum absolute atomic E-state index is 12.0. The minimum absolute atomic E-state index is 0.177. The Kier molecular flexibility index (Phi) is 4.93. The molecule has 2 heterocycles. The van der Waals surface area contributed by atoms with Crippen molar-refractivity contribution in [3.8, 4) is 0 Å². The zero-order chi connectivity index (χ0) is 13.8. The molecule has 7 heteroatoms. The molecule has 0 aromatic rings. The van der Waals surface area contributed by atoms with Gasteiger partial charge >= 0.3 is 12.0 Å². The lowest BCUT2D eigenvalue weighted by Crippen LogP contribution is -2.49. The molecule has 3 atom stereocenters. The van der Waals surface area contributed by atoms with E-state index in [0.717, 1.165) is 12.2 Å². The Labute approximate surface area is 116 Å². The summed E-state index contributed by atoms with van der Waals surface area (Å²) in [5.74, 6) is -0.376. The van der Waals surface area contributed by atoms with Crippen LogP contribution >= 0.6 is 11.8 Å². The van der Waals surface area contributed by atoms with Crippen LogP contribution in [-0.2, 0) is 9.53 Å². The summed E-state index contributed by atoms with van der Waals surface area (Å²) in [6.45, 7) is 1.12. The number of nitrogens with zero attached hydrogens (tertiary/aromatic N) is 1. The molecule has 0 saturated carbocycles. The lowest BCUT2D eigenvalue weighted by molar-refractivity contribution is -0.142. The van der Waals surface area contributed by atoms with E-state index < -0.39 is 11.9 Å². The Morgan fingerprint density at radius 3 is 2.89 bits per heavy atom. The normalized spacial score (nSPS) is 30.3. The van der Waals surface area contributed by atoms with Gasteiger partial charge in [-0.2, -0.15) is 11.8 Å². The molecule has 2 amide bonds. The van der Waals surface area contributed by atoms with E-state index in [4.69, 9.17) is 9.84 Å². The number of thioether (sulfide) groups is 1. The van der Waals surface area contributed by atoms with Gasteiger partial charge in [0.2, 0.25) is 0 Å². The first-order valence-corrected chi connectivity index (χ1v) is 7.57. The molecule has 2 saturated heterocycles. The van der Waals surface area contributed by atoms with Gasteiger partial charge in [-0.1, -0.05) is 0 Å². The van der Waals surface area contributed by atoms with Crippen molar-refractivity contribution in [3.63, 3.8) is 0 Å². The van der Waals surface area contributed by atoms with Gasteiger partial charge in [-0.05, 0) is 18.6 Å². The van der Waals surface area contributed by atoms with Crippen molar-refractivity contribution in [2.45, 2.75) is 24.1 Å². The highest BCUT2D eigenvalue weighted by Crippen LogP contribution is 2.25. The van der Waals surface area contributed by atoms with Crippen LogP contribution in [0.25, 0.3) is 0 Å². The largest absolute Gasteiger partial charge is 0.481 e. The van der Waals surface area contributed by atoms with Crippen molar-refractivity contribution in [1.82, 2.24) is 10.2 Å². The molecular weight excluding hydrogens is 268 g/mol. The molecule has 19 heavy (non-hydrogen) atoms. The Bertz CT molecular complexity index is 347. The molecule has 0 spiro atoms. The van der Waals surface area contributed by atoms with Crippen molar-refractivity contribution in [2.75, 3.05) is 32.6 Å². The zero-order valence-corrected chi connectivity index (χ0v) is 11.8. The number of ether oxygens (including phenoxy) is 1. The summed E-state index contributed by atoms with van der Waals surface area (Å²) in [5.41, 5.74) is 0. The second-order valence-corrected chi connectivity index (χ2v) is 6.39. The van der Waals surface area contributed by atoms with Gasteiger partial charge in [0, 0.05) is 18.8 Å². The molecule has 108 valence electrons. The number of rotatable bonds is 4. The highest BCUT2D eigenvalue weighted by Gasteiger charge is 2.38. The number of carboxylic acid groups (broad SMARTS) is 1. The lowest BCUT2D eigenvalue weighted by atomic mass is 10.0. The molecule has 3 unspecified atom stereocenters. The van der Waals surface area contributed by atoms with Crippen LogP contribution in [0.2, 0.25) is 0 Å². The van der Waals surface area contributed by atoms with E-state index in [1.807, 2.05) is 11.8 Å². The fourth-order valence-electron chi connectivity index (χ4n) is 2.44. The Balaban J connectivity index is 1.82. The molecule has 0 aliphatic carbocycles. The second-order valence-electron chi connectivity index (χ2n) is 4.98. The molecule has 0 aromatic carbocycles. The van der Waals surface area contributed by atoms with E-state index >= 15 is 0 Å². The number of likely N-dealkylation sites (N-methyl/N-ethyl adjacent to an activating group) is 1. The number of aliphatic carboxylic acids is 1. The smallest absolute Gasteiger partial charge is 0.317 e. The van der Waals surface area contributed by atoms with Crippen LogP contribution in [0.3, 0.4) is 0 Å². The standard InChI is InChI=1S/C12H20N2O4S/c1-14(10-7-18-6-9(10)11(15)16)12(17)13-5-8-3-2-4-19-8/h8-10H,2-7H2,1H3,(H,13,17)(H,15,16). The summed E-state index contributed by atoms with van der Waals surface area (Å²) in [6, 6.07) is -0.594. The number of urea groups is 1. The summed E-state index contributed by atoms with van der Waals surface area (Å²) in [5, 5.41) is 12.4. The molecule has 2 N–H and O–H groups in total. The molecule has 0 aromatic heterocycles. The third-order valence-corrected chi connectivity index (χ3v) is 5.09. The van der Waals surface area contributed by atoms with Gasteiger partial charge in [0.05, 0.1) is 19.3 Å². The summed E-state index contributed by atoms with van der Waals surface area (Å²) in [4.78, 5) is 24.5. The monoisotopic (exact) mass is 288 g/mol. The molecule has 2 aliphatic heterocycles. The topological polar surface area (TPSA) is 78.9 Å².